The number of nitrogens with zero attached hydrogens (tertiary/aromatic N) is 1. The number of rotatable bonds is 5. The van der Waals surface area contributed by atoms with Gasteiger partial charge in [0.1, 0.15) is 11.9 Å². The molecular weight excluding hydrogens is 218 g/mol. The zero-order valence-corrected chi connectivity index (χ0v) is 10.2. The van der Waals surface area contributed by atoms with Gasteiger partial charge in [-0.25, -0.2) is 4.98 Å². The van der Waals surface area contributed by atoms with Gasteiger partial charge in [-0.2, -0.15) is 0 Å². The molecule has 0 saturated carbocycles. The zero-order valence-electron chi connectivity index (χ0n) is 10.2. The van der Waals surface area contributed by atoms with Crippen LogP contribution in [0.3, 0.4) is 0 Å². The summed E-state index contributed by atoms with van der Waals surface area (Å²) >= 11 is 0. The fourth-order valence-corrected chi connectivity index (χ4v) is 1.96. The summed E-state index contributed by atoms with van der Waals surface area (Å²) in [5, 5.41) is 3.24. The number of ether oxygens (including phenoxy) is 1. The molecule has 1 aliphatic heterocycles. The van der Waals surface area contributed by atoms with Gasteiger partial charge in [0, 0.05) is 19.2 Å². The van der Waals surface area contributed by atoms with Gasteiger partial charge in [-0.15, -0.1) is 0 Å². The van der Waals surface area contributed by atoms with Crippen molar-refractivity contribution in [1.82, 2.24) is 15.3 Å². The topological polar surface area (TPSA) is 67.0 Å². The summed E-state index contributed by atoms with van der Waals surface area (Å²) in [6, 6.07) is 1.54. The van der Waals surface area contributed by atoms with Crippen LogP contribution >= 0.6 is 0 Å². The van der Waals surface area contributed by atoms with Crippen LogP contribution in [0.1, 0.15) is 43.8 Å². The summed E-state index contributed by atoms with van der Waals surface area (Å²) in [5.74, 6) is 0.670. The number of H-pyrrole nitrogens is 1. The van der Waals surface area contributed by atoms with Crippen LogP contribution in [-0.2, 0) is 11.3 Å². The lowest BCUT2D eigenvalue weighted by molar-refractivity contribution is 0.104. The molecule has 0 spiro atoms. The SMILES string of the molecule is CCCNCc1cc(=O)[nH]c(C2CCCO2)n1. The van der Waals surface area contributed by atoms with Gasteiger partial charge < -0.3 is 15.0 Å². The van der Waals surface area contributed by atoms with Crippen LogP contribution in [0, 0.1) is 0 Å². The zero-order chi connectivity index (χ0) is 12.1. The Morgan fingerprint density at radius 2 is 2.53 bits per heavy atom. The quantitative estimate of drug-likeness (QED) is 0.753. The Morgan fingerprint density at radius 3 is 3.24 bits per heavy atom. The van der Waals surface area contributed by atoms with Gasteiger partial charge >= 0.3 is 0 Å². The first-order valence-corrected chi connectivity index (χ1v) is 6.22. The van der Waals surface area contributed by atoms with Crippen LogP contribution in [0.25, 0.3) is 0 Å². The van der Waals surface area contributed by atoms with Crippen molar-refractivity contribution >= 4 is 0 Å². The lowest BCUT2D eigenvalue weighted by Crippen LogP contribution is -2.20. The monoisotopic (exact) mass is 237 g/mol. The Kier molecular flexibility index (Phi) is 4.28. The second-order valence-corrected chi connectivity index (χ2v) is 4.30. The molecule has 94 valence electrons. The maximum absolute atomic E-state index is 11.5. The highest BCUT2D eigenvalue weighted by atomic mass is 16.5. The molecule has 0 amide bonds. The van der Waals surface area contributed by atoms with Crippen molar-refractivity contribution in [1.29, 1.82) is 0 Å². The average molecular weight is 237 g/mol. The number of hydrogen-bond donors (Lipinski definition) is 2. The number of nitrogens with one attached hydrogen (secondary N) is 2. The van der Waals surface area contributed by atoms with E-state index in [2.05, 4.69) is 22.2 Å². The van der Waals surface area contributed by atoms with Crippen LogP contribution < -0.4 is 10.9 Å². The van der Waals surface area contributed by atoms with Crippen molar-refractivity contribution in [3.05, 3.63) is 27.9 Å². The molecule has 1 fully saturated rings. The standard InChI is InChI=1S/C12H19N3O2/c1-2-5-13-8-9-7-11(16)15-12(14-9)10-4-3-6-17-10/h7,10,13H,2-6,8H2,1H3,(H,14,15,16). The molecule has 1 aromatic heterocycles. The van der Waals surface area contributed by atoms with Gasteiger partial charge in [0.15, 0.2) is 0 Å². The molecule has 2 rings (SSSR count). The van der Waals surface area contributed by atoms with Crippen LogP contribution in [0.5, 0.6) is 0 Å². The van der Waals surface area contributed by atoms with Crippen LogP contribution in [0.15, 0.2) is 10.9 Å². The molecule has 0 radical (unpaired) electrons. The molecule has 1 aromatic rings. The number of aromatic amines is 1. The van der Waals surface area contributed by atoms with E-state index in [9.17, 15) is 4.79 Å². The van der Waals surface area contributed by atoms with Crippen molar-refractivity contribution in [2.75, 3.05) is 13.2 Å². The predicted octanol–water partition coefficient (Wildman–Crippen LogP) is 1.12. The van der Waals surface area contributed by atoms with Gasteiger partial charge in [0.25, 0.3) is 5.56 Å². The first-order chi connectivity index (χ1) is 8.29. The molecule has 5 nitrogen and oxygen atoms in total. The third-order valence-corrected chi connectivity index (χ3v) is 2.78. The van der Waals surface area contributed by atoms with Gasteiger partial charge in [-0.1, -0.05) is 6.92 Å². The second-order valence-electron chi connectivity index (χ2n) is 4.30. The van der Waals surface area contributed by atoms with Crippen LogP contribution in [-0.4, -0.2) is 23.1 Å². The van der Waals surface area contributed by atoms with Crippen LogP contribution in [0.2, 0.25) is 0 Å². The summed E-state index contributed by atoms with van der Waals surface area (Å²) in [7, 11) is 0. The Balaban J connectivity index is 2.08. The molecule has 1 aliphatic rings. The van der Waals surface area contributed by atoms with E-state index in [0.29, 0.717) is 12.4 Å². The largest absolute Gasteiger partial charge is 0.370 e. The van der Waals surface area contributed by atoms with E-state index in [1.807, 2.05) is 0 Å². The minimum Gasteiger partial charge on any atom is -0.370 e. The molecule has 0 aromatic carbocycles. The maximum Gasteiger partial charge on any atom is 0.251 e. The predicted molar refractivity (Wildman–Crippen MR) is 64.8 cm³/mol. The third kappa shape index (κ3) is 3.38. The second kappa shape index (κ2) is 5.93. The molecule has 0 bridgehead atoms. The molecule has 17 heavy (non-hydrogen) atoms. The smallest absolute Gasteiger partial charge is 0.251 e. The van der Waals surface area contributed by atoms with E-state index < -0.39 is 0 Å². The average Bonchev–Trinajstić information content (AvgIpc) is 2.82. The maximum atomic E-state index is 11.5. The summed E-state index contributed by atoms with van der Waals surface area (Å²) in [6.07, 6.45) is 3.01. The van der Waals surface area contributed by atoms with E-state index in [-0.39, 0.29) is 11.7 Å². The van der Waals surface area contributed by atoms with E-state index in [1.54, 1.807) is 6.07 Å². The highest BCUT2D eigenvalue weighted by Crippen LogP contribution is 2.24. The molecule has 0 aliphatic carbocycles. The van der Waals surface area contributed by atoms with Gasteiger partial charge in [-0.05, 0) is 25.8 Å². The summed E-state index contributed by atoms with van der Waals surface area (Å²) in [6.45, 7) is 4.43. The van der Waals surface area contributed by atoms with E-state index in [4.69, 9.17) is 4.74 Å². The normalized spacial score (nSPS) is 19.7. The van der Waals surface area contributed by atoms with Crippen molar-refractivity contribution in [2.24, 2.45) is 0 Å². The minimum absolute atomic E-state index is 0.0335. The molecule has 1 saturated heterocycles. The molecular formula is C12H19N3O2. The van der Waals surface area contributed by atoms with Gasteiger partial charge in [0.2, 0.25) is 0 Å². The lowest BCUT2D eigenvalue weighted by atomic mass is 10.2. The van der Waals surface area contributed by atoms with Crippen molar-refractivity contribution < 1.29 is 4.74 Å². The Morgan fingerprint density at radius 1 is 1.65 bits per heavy atom. The van der Waals surface area contributed by atoms with Gasteiger partial charge in [-0.3, -0.25) is 4.79 Å². The molecule has 1 unspecified atom stereocenters. The molecule has 5 heteroatoms. The first kappa shape index (κ1) is 12.3. The fraction of sp³-hybridized carbons (Fsp3) is 0.667. The summed E-state index contributed by atoms with van der Waals surface area (Å²) < 4.78 is 5.52. The highest BCUT2D eigenvalue weighted by molar-refractivity contribution is 5.05. The van der Waals surface area contributed by atoms with Crippen molar-refractivity contribution in [3.63, 3.8) is 0 Å². The fourth-order valence-electron chi connectivity index (χ4n) is 1.96. The van der Waals surface area contributed by atoms with Crippen LogP contribution in [0.4, 0.5) is 0 Å². The Bertz CT molecular complexity index is 410. The number of aromatic nitrogens is 2. The highest BCUT2D eigenvalue weighted by Gasteiger charge is 2.20. The Hall–Kier alpha value is -1.20. The van der Waals surface area contributed by atoms with E-state index in [0.717, 1.165) is 38.1 Å². The third-order valence-electron chi connectivity index (χ3n) is 2.78. The summed E-state index contributed by atoms with van der Waals surface area (Å²) in [4.78, 5) is 18.7. The molecule has 2 N–H and O–H groups in total. The van der Waals surface area contributed by atoms with Crippen molar-refractivity contribution in [2.45, 2.75) is 38.8 Å². The van der Waals surface area contributed by atoms with Crippen molar-refractivity contribution in [3.8, 4) is 0 Å². The van der Waals surface area contributed by atoms with E-state index >= 15 is 0 Å². The lowest BCUT2D eigenvalue weighted by Gasteiger charge is -2.10. The Labute approximate surface area is 101 Å². The minimum atomic E-state index is -0.0983. The van der Waals surface area contributed by atoms with E-state index in [1.165, 1.54) is 0 Å². The van der Waals surface area contributed by atoms with Gasteiger partial charge in [0.05, 0.1) is 5.69 Å². The number of hydrogen-bond acceptors (Lipinski definition) is 4. The summed E-state index contributed by atoms with van der Waals surface area (Å²) in [5.41, 5.74) is 0.687. The first-order valence-electron chi connectivity index (χ1n) is 6.22. The molecule has 1 atom stereocenters. The molecule has 2 heterocycles.